The maximum absolute atomic E-state index is 11.2. The van der Waals surface area contributed by atoms with Crippen molar-refractivity contribution < 1.29 is 24.2 Å². The molecule has 2 aromatic rings. The van der Waals surface area contributed by atoms with Gasteiger partial charge in [-0.15, -0.1) is 12.4 Å². The van der Waals surface area contributed by atoms with Gasteiger partial charge in [-0.3, -0.25) is 10.0 Å². The molecule has 30 heavy (non-hydrogen) atoms. The number of nitrogens with two attached hydrogens (primary N) is 2. The minimum absolute atomic E-state index is 0. The third-order valence-corrected chi connectivity index (χ3v) is 3.85. The molecule has 0 fully saturated rings. The first-order valence-electron chi connectivity index (χ1n) is 8.96. The van der Waals surface area contributed by atoms with Crippen LogP contribution in [0.4, 0.5) is 11.8 Å². The van der Waals surface area contributed by atoms with Gasteiger partial charge < -0.3 is 25.7 Å². The van der Waals surface area contributed by atoms with Crippen LogP contribution in [-0.2, 0) is 11.2 Å². The molecule has 6 N–H and O–H groups in total. The molecule has 1 amide bonds. The van der Waals surface area contributed by atoms with Crippen LogP contribution in [0.5, 0.6) is 17.2 Å². The topological polar surface area (TPSA) is 155 Å². The van der Waals surface area contributed by atoms with Crippen LogP contribution in [0.25, 0.3) is 6.08 Å². The predicted octanol–water partition coefficient (Wildman–Crippen LogP) is 2.00. The Morgan fingerprint density at radius 1 is 1.23 bits per heavy atom. The molecule has 1 aromatic heterocycles. The number of hydrogen-bond acceptors (Lipinski definition) is 9. The highest BCUT2D eigenvalue weighted by molar-refractivity contribution is 5.91. The number of carbonyl (C=O) groups excluding carboxylic acids is 1. The fourth-order valence-electron chi connectivity index (χ4n) is 2.46. The Kier molecular flexibility index (Phi) is 10.2. The summed E-state index contributed by atoms with van der Waals surface area (Å²) in [5.74, 6) is 1.24. The zero-order valence-corrected chi connectivity index (χ0v) is 17.6. The second-order valence-electron chi connectivity index (χ2n) is 5.86. The van der Waals surface area contributed by atoms with Crippen LogP contribution < -0.4 is 31.2 Å². The summed E-state index contributed by atoms with van der Waals surface area (Å²) >= 11 is 0. The number of rotatable bonds is 10. The van der Waals surface area contributed by atoms with Crippen molar-refractivity contribution in [2.75, 3.05) is 31.8 Å². The Balaban J connectivity index is 0.00000450. The fourth-order valence-corrected chi connectivity index (χ4v) is 2.46. The molecule has 2 rings (SSSR count). The number of halogens is 1. The number of aryl methyl sites for hydroxylation is 1. The number of aromatic nitrogens is 2. The van der Waals surface area contributed by atoms with E-state index >= 15 is 0 Å². The largest absolute Gasteiger partial charge is 0.497 e. The molecule has 0 unspecified atom stereocenters. The van der Waals surface area contributed by atoms with Gasteiger partial charge in [-0.1, -0.05) is 6.92 Å². The highest BCUT2D eigenvalue weighted by Crippen LogP contribution is 2.27. The first-order chi connectivity index (χ1) is 14.0. The van der Waals surface area contributed by atoms with Gasteiger partial charge in [0.25, 0.3) is 5.91 Å². The molecular formula is C19H26ClN5O5. The van der Waals surface area contributed by atoms with E-state index in [4.69, 9.17) is 30.9 Å². The summed E-state index contributed by atoms with van der Waals surface area (Å²) in [6.07, 6.45) is 3.89. The SMILES string of the molecule is CCc1nc(N)nc(N)c1OCCCOc1cc(OC)ccc1/C=C/C(=O)NO.Cl. The summed E-state index contributed by atoms with van der Waals surface area (Å²) in [4.78, 5) is 19.2. The van der Waals surface area contributed by atoms with E-state index in [1.807, 2.05) is 6.92 Å². The average molecular weight is 440 g/mol. The van der Waals surface area contributed by atoms with Crippen molar-refractivity contribution in [3.8, 4) is 17.2 Å². The first-order valence-corrected chi connectivity index (χ1v) is 8.96. The highest BCUT2D eigenvalue weighted by Gasteiger charge is 2.11. The number of nitrogen functional groups attached to an aromatic ring is 2. The highest BCUT2D eigenvalue weighted by atomic mass is 35.5. The first kappa shape index (κ1) is 24.8. The van der Waals surface area contributed by atoms with E-state index in [9.17, 15) is 4.79 Å². The summed E-state index contributed by atoms with van der Waals surface area (Å²) < 4.78 is 16.7. The summed E-state index contributed by atoms with van der Waals surface area (Å²) in [5, 5.41) is 8.59. The van der Waals surface area contributed by atoms with Crippen LogP contribution in [0.1, 0.15) is 24.6 Å². The molecule has 0 spiro atoms. The van der Waals surface area contributed by atoms with Crippen molar-refractivity contribution >= 4 is 36.2 Å². The quantitative estimate of drug-likeness (QED) is 0.188. The molecular weight excluding hydrogens is 414 g/mol. The predicted molar refractivity (Wildman–Crippen MR) is 115 cm³/mol. The van der Waals surface area contributed by atoms with Gasteiger partial charge in [0.1, 0.15) is 11.5 Å². The standard InChI is InChI=1S/C19H25N5O5.ClH/c1-3-14-17(18(20)23-19(21)22-14)29-10-4-9-28-15-11-13(27-2)7-5-12(15)6-8-16(25)24-26;/h5-8,11,26H,3-4,9-10H2,1-2H3,(H,24,25)(H4,20,21,22,23);1H/b8-6+;. The van der Waals surface area contributed by atoms with Gasteiger partial charge in [-0.05, 0) is 24.6 Å². The Morgan fingerprint density at radius 2 is 1.97 bits per heavy atom. The third-order valence-electron chi connectivity index (χ3n) is 3.85. The summed E-state index contributed by atoms with van der Waals surface area (Å²) in [7, 11) is 1.55. The van der Waals surface area contributed by atoms with Crippen LogP contribution >= 0.6 is 12.4 Å². The number of hydrogen-bond donors (Lipinski definition) is 4. The molecule has 1 heterocycles. The Hall–Kier alpha value is -3.24. The number of benzene rings is 1. The van der Waals surface area contributed by atoms with E-state index in [1.165, 1.54) is 17.6 Å². The van der Waals surface area contributed by atoms with Crippen molar-refractivity contribution in [2.45, 2.75) is 19.8 Å². The second-order valence-corrected chi connectivity index (χ2v) is 5.86. The number of methoxy groups -OCH3 is 1. The molecule has 164 valence electrons. The number of nitrogens with one attached hydrogen (secondary N) is 1. The number of amides is 1. The van der Waals surface area contributed by atoms with E-state index in [0.29, 0.717) is 54.6 Å². The summed E-state index contributed by atoms with van der Waals surface area (Å²) in [6, 6.07) is 5.19. The van der Waals surface area contributed by atoms with E-state index in [0.717, 1.165) is 0 Å². The lowest BCUT2D eigenvalue weighted by Gasteiger charge is -2.13. The van der Waals surface area contributed by atoms with Crippen LogP contribution in [0.3, 0.4) is 0 Å². The lowest BCUT2D eigenvalue weighted by Crippen LogP contribution is -2.14. The van der Waals surface area contributed by atoms with E-state index in [1.54, 1.807) is 25.3 Å². The molecule has 0 aliphatic heterocycles. The van der Waals surface area contributed by atoms with Gasteiger partial charge in [-0.25, -0.2) is 10.5 Å². The smallest absolute Gasteiger partial charge is 0.267 e. The van der Waals surface area contributed by atoms with Gasteiger partial charge in [0, 0.05) is 24.1 Å². The number of carbonyl (C=O) groups is 1. The number of ether oxygens (including phenoxy) is 3. The maximum Gasteiger partial charge on any atom is 0.267 e. The average Bonchev–Trinajstić information content (AvgIpc) is 2.72. The van der Waals surface area contributed by atoms with E-state index in [-0.39, 0.29) is 24.2 Å². The molecule has 0 saturated carbocycles. The summed E-state index contributed by atoms with van der Waals surface area (Å²) in [6.45, 7) is 2.61. The Bertz CT molecular complexity index is 879. The number of hydroxylamine groups is 1. The van der Waals surface area contributed by atoms with Crippen LogP contribution in [0.2, 0.25) is 0 Å². The minimum atomic E-state index is -0.643. The maximum atomic E-state index is 11.2. The van der Waals surface area contributed by atoms with Crippen molar-refractivity contribution in [3.63, 3.8) is 0 Å². The van der Waals surface area contributed by atoms with Gasteiger partial charge in [0.15, 0.2) is 11.6 Å². The lowest BCUT2D eigenvalue weighted by molar-refractivity contribution is -0.124. The van der Waals surface area contributed by atoms with Gasteiger partial charge in [0.05, 0.1) is 26.0 Å². The fraction of sp³-hybridized carbons (Fsp3) is 0.316. The molecule has 1 aromatic carbocycles. The molecule has 0 bridgehead atoms. The Morgan fingerprint density at radius 3 is 2.63 bits per heavy atom. The normalized spacial score (nSPS) is 10.4. The van der Waals surface area contributed by atoms with Crippen LogP contribution in [-0.4, -0.2) is 41.4 Å². The zero-order chi connectivity index (χ0) is 21.2. The zero-order valence-electron chi connectivity index (χ0n) is 16.8. The number of anilines is 2. The van der Waals surface area contributed by atoms with Crippen molar-refractivity contribution in [3.05, 3.63) is 35.5 Å². The minimum Gasteiger partial charge on any atom is -0.497 e. The van der Waals surface area contributed by atoms with Gasteiger partial charge in [0.2, 0.25) is 5.95 Å². The van der Waals surface area contributed by atoms with Crippen molar-refractivity contribution in [2.24, 2.45) is 0 Å². The lowest BCUT2D eigenvalue weighted by atomic mass is 10.1. The van der Waals surface area contributed by atoms with Gasteiger partial charge >= 0.3 is 0 Å². The molecule has 0 atom stereocenters. The number of nitrogens with zero attached hydrogens (tertiary/aromatic N) is 2. The van der Waals surface area contributed by atoms with Crippen molar-refractivity contribution in [1.29, 1.82) is 0 Å². The van der Waals surface area contributed by atoms with Crippen LogP contribution in [0, 0.1) is 0 Å². The monoisotopic (exact) mass is 439 g/mol. The van der Waals surface area contributed by atoms with Crippen LogP contribution in [0.15, 0.2) is 24.3 Å². The summed E-state index contributed by atoms with van der Waals surface area (Å²) in [5.41, 5.74) is 14.3. The van der Waals surface area contributed by atoms with Gasteiger partial charge in [-0.2, -0.15) is 4.98 Å². The molecule has 11 heteroatoms. The molecule has 0 aliphatic carbocycles. The third kappa shape index (κ3) is 6.98. The molecule has 10 nitrogen and oxygen atoms in total. The molecule has 0 aliphatic rings. The molecule has 0 radical (unpaired) electrons. The Labute approximate surface area is 180 Å². The second kappa shape index (κ2) is 12.3. The molecule has 0 saturated heterocycles. The van der Waals surface area contributed by atoms with E-state index in [2.05, 4.69) is 9.97 Å². The van der Waals surface area contributed by atoms with E-state index < -0.39 is 5.91 Å². The van der Waals surface area contributed by atoms with Crippen molar-refractivity contribution in [1.82, 2.24) is 15.4 Å².